The largest absolute Gasteiger partial charge is 0.493 e. The highest BCUT2D eigenvalue weighted by Gasteiger charge is 2.66. The van der Waals surface area contributed by atoms with Gasteiger partial charge in [0.05, 0.1) is 50.9 Å². The summed E-state index contributed by atoms with van der Waals surface area (Å²) in [7, 11) is 5.39. The Balaban J connectivity index is 1.47. The predicted octanol–water partition coefficient (Wildman–Crippen LogP) is 5.00. The van der Waals surface area contributed by atoms with E-state index in [1.54, 1.807) is 12.1 Å². The molecule has 1 spiro atoms. The standard InChI is InChI=1S/C28H25F3N2O7/c1-37-18-9-15-13(23(38-2)24(18)39-3)7-16(32-15)22(35)12-6-5-11-10-27(11)14(12)8-17(34)21-20(27)19(26(36)40-4)25(33-21)28(29,30)31/h7-9,11-12,32-33H,5-6,10H2,1-4H3. The van der Waals surface area contributed by atoms with E-state index in [1.165, 1.54) is 27.4 Å². The summed E-state index contributed by atoms with van der Waals surface area (Å²) in [5.74, 6) is -2.01. The van der Waals surface area contributed by atoms with Gasteiger partial charge >= 0.3 is 12.1 Å². The minimum Gasteiger partial charge on any atom is -0.493 e. The zero-order valence-electron chi connectivity index (χ0n) is 22.0. The molecule has 0 bridgehead atoms. The number of esters is 1. The number of fused-ring (bicyclic) bond motifs is 2. The minimum absolute atomic E-state index is 0.00976. The maximum atomic E-state index is 14.0. The molecule has 3 aliphatic carbocycles. The summed E-state index contributed by atoms with van der Waals surface area (Å²) in [6.45, 7) is 0. The zero-order valence-corrected chi connectivity index (χ0v) is 22.0. The van der Waals surface area contributed by atoms with Gasteiger partial charge in [0.15, 0.2) is 17.3 Å². The average molecular weight is 559 g/mol. The molecule has 2 saturated carbocycles. The van der Waals surface area contributed by atoms with Gasteiger partial charge in [0, 0.05) is 28.3 Å². The molecule has 2 N–H and O–H groups in total. The van der Waals surface area contributed by atoms with Gasteiger partial charge in [0.1, 0.15) is 5.69 Å². The third-order valence-corrected chi connectivity index (χ3v) is 8.46. The van der Waals surface area contributed by atoms with Crippen LogP contribution in [0.2, 0.25) is 0 Å². The van der Waals surface area contributed by atoms with Crippen LogP contribution >= 0.6 is 0 Å². The number of hydrogen-bond donors (Lipinski definition) is 2. The maximum Gasteiger partial charge on any atom is 0.432 e. The molecule has 2 aromatic heterocycles. The van der Waals surface area contributed by atoms with Crippen molar-refractivity contribution in [1.29, 1.82) is 0 Å². The van der Waals surface area contributed by atoms with Crippen molar-refractivity contribution in [2.45, 2.75) is 30.9 Å². The number of carbonyl (C=O) groups is 3. The fourth-order valence-corrected chi connectivity index (χ4v) is 6.75. The summed E-state index contributed by atoms with van der Waals surface area (Å²) in [5.41, 5.74) is -2.09. The highest BCUT2D eigenvalue weighted by Crippen LogP contribution is 2.69. The smallest absolute Gasteiger partial charge is 0.432 e. The average Bonchev–Trinajstić information content (AvgIpc) is 3.28. The molecule has 0 saturated heterocycles. The first-order chi connectivity index (χ1) is 19.0. The van der Waals surface area contributed by atoms with Gasteiger partial charge in [-0.3, -0.25) is 9.59 Å². The van der Waals surface area contributed by atoms with E-state index in [0.29, 0.717) is 53.0 Å². The van der Waals surface area contributed by atoms with E-state index in [1.807, 2.05) is 0 Å². The van der Waals surface area contributed by atoms with Gasteiger partial charge in [0.25, 0.3) is 0 Å². The van der Waals surface area contributed by atoms with Gasteiger partial charge in [-0.1, -0.05) is 0 Å². The lowest BCUT2D eigenvalue weighted by molar-refractivity contribution is -0.141. The van der Waals surface area contributed by atoms with Gasteiger partial charge in [-0.05, 0) is 42.9 Å². The van der Waals surface area contributed by atoms with Gasteiger partial charge in [-0.25, -0.2) is 4.79 Å². The molecular formula is C28H25F3N2O7. The summed E-state index contributed by atoms with van der Waals surface area (Å²) < 4.78 is 63.0. The third-order valence-electron chi connectivity index (χ3n) is 8.46. The van der Waals surface area contributed by atoms with Crippen LogP contribution in [0.4, 0.5) is 13.2 Å². The van der Waals surface area contributed by atoms with Gasteiger partial charge in [-0.15, -0.1) is 0 Å². The number of rotatable bonds is 6. The first-order valence-electron chi connectivity index (χ1n) is 12.6. The fourth-order valence-electron chi connectivity index (χ4n) is 6.75. The van der Waals surface area contributed by atoms with Crippen LogP contribution in [0.25, 0.3) is 10.9 Å². The number of ether oxygens (including phenoxy) is 4. The number of nitrogens with one attached hydrogen (secondary N) is 2. The van der Waals surface area contributed by atoms with Crippen LogP contribution in [-0.2, 0) is 16.3 Å². The lowest BCUT2D eigenvalue weighted by Gasteiger charge is -2.35. The maximum absolute atomic E-state index is 14.0. The monoisotopic (exact) mass is 558 g/mol. The molecule has 3 aromatic rings. The Bertz CT molecular complexity index is 1650. The lowest BCUT2D eigenvalue weighted by atomic mass is 9.67. The summed E-state index contributed by atoms with van der Waals surface area (Å²) in [5, 5.41) is 0.572. The number of aromatic nitrogens is 2. The number of methoxy groups -OCH3 is 4. The predicted molar refractivity (Wildman–Crippen MR) is 134 cm³/mol. The van der Waals surface area contributed by atoms with E-state index in [0.717, 1.165) is 7.11 Å². The Hall–Kier alpha value is -4.22. The number of H-pyrrole nitrogens is 2. The Morgan fingerprint density at radius 2 is 1.73 bits per heavy atom. The number of aromatic amines is 2. The molecule has 2 heterocycles. The highest BCUT2D eigenvalue weighted by atomic mass is 19.4. The fraction of sp³-hybridized carbons (Fsp3) is 0.393. The number of alkyl halides is 3. The highest BCUT2D eigenvalue weighted by molar-refractivity contribution is 6.12. The second-order valence-electron chi connectivity index (χ2n) is 10.2. The van der Waals surface area contributed by atoms with E-state index in [4.69, 9.17) is 18.9 Å². The van der Waals surface area contributed by atoms with Crippen molar-refractivity contribution in [3.8, 4) is 17.2 Å². The van der Waals surface area contributed by atoms with Gasteiger partial charge < -0.3 is 28.9 Å². The Labute approximate surface area is 225 Å². The van der Waals surface area contributed by atoms with E-state index >= 15 is 0 Å². The molecule has 3 unspecified atom stereocenters. The van der Waals surface area contributed by atoms with Crippen molar-refractivity contribution in [1.82, 2.24) is 9.97 Å². The molecule has 3 atom stereocenters. The second-order valence-corrected chi connectivity index (χ2v) is 10.2. The normalized spacial score (nSPS) is 23.1. The van der Waals surface area contributed by atoms with Gasteiger partial charge in [0.2, 0.25) is 11.5 Å². The van der Waals surface area contributed by atoms with E-state index in [9.17, 15) is 27.6 Å². The Morgan fingerprint density at radius 1 is 1.00 bits per heavy atom. The molecule has 0 radical (unpaired) electrons. The quantitative estimate of drug-likeness (QED) is 0.323. The van der Waals surface area contributed by atoms with E-state index in [2.05, 4.69) is 9.97 Å². The molecule has 0 amide bonds. The molecule has 9 nitrogen and oxygen atoms in total. The zero-order chi connectivity index (χ0) is 28.7. The number of Topliss-reactive ketones (excluding diaryl/α,β-unsaturated/α-hetero) is 1. The van der Waals surface area contributed by atoms with Crippen molar-refractivity contribution in [2.75, 3.05) is 28.4 Å². The third kappa shape index (κ3) is 3.37. The van der Waals surface area contributed by atoms with Crippen molar-refractivity contribution in [3.63, 3.8) is 0 Å². The summed E-state index contributed by atoms with van der Waals surface area (Å²) in [6.07, 6.45) is -2.27. The molecule has 2 fully saturated rings. The van der Waals surface area contributed by atoms with Crippen LogP contribution in [0.5, 0.6) is 17.2 Å². The summed E-state index contributed by atoms with van der Waals surface area (Å²) >= 11 is 0. The van der Waals surface area contributed by atoms with Crippen molar-refractivity contribution < 1.29 is 46.5 Å². The first kappa shape index (κ1) is 26.0. The molecule has 1 aromatic carbocycles. The second kappa shape index (κ2) is 8.64. The van der Waals surface area contributed by atoms with Crippen LogP contribution in [0.1, 0.15) is 61.9 Å². The lowest BCUT2D eigenvalue weighted by Crippen LogP contribution is -2.35. The SMILES string of the molecule is COC(=O)c1c(C(F)(F)F)[nH]c2c1C13CC1CCC(C(=O)c1cc4c(OC)c(OC)c(OC)cc4[nH]1)C3=CC2=O. The summed E-state index contributed by atoms with van der Waals surface area (Å²) in [4.78, 5) is 45.1. The molecule has 12 heteroatoms. The molecule has 6 rings (SSSR count). The van der Waals surface area contributed by atoms with E-state index in [-0.39, 0.29) is 28.7 Å². The van der Waals surface area contributed by atoms with Crippen LogP contribution in [0, 0.1) is 11.8 Å². The minimum atomic E-state index is -4.92. The number of benzene rings is 1. The van der Waals surface area contributed by atoms with Crippen LogP contribution in [0.3, 0.4) is 0 Å². The molecule has 0 aliphatic heterocycles. The van der Waals surface area contributed by atoms with Crippen LogP contribution in [-0.4, -0.2) is 55.9 Å². The number of allylic oxidation sites excluding steroid dienone is 2. The number of hydrogen-bond acceptors (Lipinski definition) is 7. The molecule has 210 valence electrons. The Morgan fingerprint density at radius 3 is 2.35 bits per heavy atom. The number of ketones is 2. The van der Waals surface area contributed by atoms with Crippen LogP contribution in [0.15, 0.2) is 23.8 Å². The van der Waals surface area contributed by atoms with E-state index < -0.39 is 40.5 Å². The van der Waals surface area contributed by atoms with Crippen molar-refractivity contribution >= 4 is 28.4 Å². The summed E-state index contributed by atoms with van der Waals surface area (Å²) in [6, 6.07) is 3.29. The van der Waals surface area contributed by atoms with Gasteiger partial charge in [-0.2, -0.15) is 13.2 Å². The first-order valence-corrected chi connectivity index (χ1v) is 12.6. The molecule has 40 heavy (non-hydrogen) atoms. The van der Waals surface area contributed by atoms with Crippen molar-refractivity contribution in [3.05, 3.63) is 52.0 Å². The van der Waals surface area contributed by atoms with Crippen molar-refractivity contribution in [2.24, 2.45) is 11.8 Å². The topological polar surface area (TPSA) is 120 Å². The number of halogens is 3. The molecular weight excluding hydrogens is 533 g/mol. The Kier molecular flexibility index (Phi) is 5.62. The number of carbonyl (C=O) groups excluding carboxylic acids is 3. The molecule has 3 aliphatic rings. The van der Waals surface area contributed by atoms with Crippen LogP contribution < -0.4 is 14.2 Å².